The zero-order valence-electron chi connectivity index (χ0n) is 10.4. The number of rotatable bonds is 6. The van der Waals surface area contributed by atoms with Gasteiger partial charge in [0, 0.05) is 36.9 Å². The second kappa shape index (κ2) is 5.69. The van der Waals surface area contributed by atoms with Crippen molar-refractivity contribution in [2.75, 3.05) is 13.2 Å². The summed E-state index contributed by atoms with van der Waals surface area (Å²) in [4.78, 5) is 11.1. The highest BCUT2D eigenvalue weighted by Gasteiger charge is 2.10. The van der Waals surface area contributed by atoms with Gasteiger partial charge < -0.3 is 14.4 Å². The number of aromatic carboxylic acids is 1. The van der Waals surface area contributed by atoms with E-state index < -0.39 is 5.97 Å². The van der Waals surface area contributed by atoms with Gasteiger partial charge in [-0.1, -0.05) is 6.07 Å². The molecule has 0 radical (unpaired) electrons. The lowest BCUT2D eigenvalue weighted by Crippen LogP contribution is -2.02. The summed E-state index contributed by atoms with van der Waals surface area (Å²) in [5, 5.41) is 9.90. The van der Waals surface area contributed by atoms with Gasteiger partial charge in [-0.25, -0.2) is 4.79 Å². The lowest BCUT2D eigenvalue weighted by molar-refractivity contribution is 0.0699. The topological polar surface area (TPSA) is 51.5 Å². The molecule has 4 nitrogen and oxygen atoms in total. The summed E-state index contributed by atoms with van der Waals surface area (Å²) < 4.78 is 7.37. The maximum absolute atomic E-state index is 11.1. The maximum Gasteiger partial charge on any atom is 0.336 e. The van der Waals surface area contributed by atoms with E-state index in [9.17, 15) is 4.79 Å². The first kappa shape index (κ1) is 12.6. The molecule has 2 rings (SSSR count). The van der Waals surface area contributed by atoms with Crippen molar-refractivity contribution in [3.05, 3.63) is 36.0 Å². The Morgan fingerprint density at radius 1 is 1.39 bits per heavy atom. The van der Waals surface area contributed by atoms with E-state index in [1.807, 2.05) is 25.3 Å². The van der Waals surface area contributed by atoms with Crippen molar-refractivity contribution in [1.82, 2.24) is 4.57 Å². The SMILES string of the molecule is CCOCCCn1ccc2c(C(=O)O)cccc21. The summed E-state index contributed by atoms with van der Waals surface area (Å²) in [6, 6.07) is 7.22. The smallest absolute Gasteiger partial charge is 0.336 e. The predicted molar refractivity (Wildman–Crippen MR) is 70.0 cm³/mol. The fourth-order valence-corrected chi connectivity index (χ4v) is 2.09. The Kier molecular flexibility index (Phi) is 3.99. The van der Waals surface area contributed by atoms with Crippen LogP contribution < -0.4 is 0 Å². The number of aryl methyl sites for hydroxylation is 1. The quantitative estimate of drug-likeness (QED) is 0.798. The van der Waals surface area contributed by atoms with Crippen LogP contribution in [0, 0.1) is 0 Å². The molecular weight excluding hydrogens is 230 g/mol. The third-order valence-electron chi connectivity index (χ3n) is 2.94. The van der Waals surface area contributed by atoms with E-state index in [2.05, 4.69) is 4.57 Å². The van der Waals surface area contributed by atoms with Crippen molar-refractivity contribution < 1.29 is 14.6 Å². The molecule has 0 fully saturated rings. The maximum atomic E-state index is 11.1. The molecule has 0 atom stereocenters. The van der Waals surface area contributed by atoms with Gasteiger partial charge in [-0.2, -0.15) is 0 Å². The molecule has 1 N–H and O–H groups in total. The van der Waals surface area contributed by atoms with Crippen molar-refractivity contribution in [2.45, 2.75) is 19.9 Å². The molecule has 0 saturated carbocycles. The van der Waals surface area contributed by atoms with Crippen LogP contribution in [0.25, 0.3) is 10.9 Å². The van der Waals surface area contributed by atoms with Crippen molar-refractivity contribution in [1.29, 1.82) is 0 Å². The number of carbonyl (C=O) groups is 1. The largest absolute Gasteiger partial charge is 0.478 e. The lowest BCUT2D eigenvalue weighted by Gasteiger charge is -2.06. The molecule has 0 aliphatic carbocycles. The van der Waals surface area contributed by atoms with Crippen LogP contribution in [-0.2, 0) is 11.3 Å². The highest BCUT2D eigenvalue weighted by atomic mass is 16.5. The minimum Gasteiger partial charge on any atom is -0.478 e. The first-order valence-electron chi connectivity index (χ1n) is 6.13. The molecule has 1 aromatic heterocycles. The van der Waals surface area contributed by atoms with Crippen molar-refractivity contribution >= 4 is 16.9 Å². The van der Waals surface area contributed by atoms with E-state index in [0.29, 0.717) is 5.56 Å². The van der Waals surface area contributed by atoms with E-state index in [0.717, 1.165) is 37.1 Å². The van der Waals surface area contributed by atoms with Gasteiger partial charge in [-0.3, -0.25) is 0 Å². The molecule has 4 heteroatoms. The Morgan fingerprint density at radius 3 is 2.94 bits per heavy atom. The van der Waals surface area contributed by atoms with E-state index in [-0.39, 0.29) is 0 Å². The van der Waals surface area contributed by atoms with E-state index in [4.69, 9.17) is 9.84 Å². The first-order valence-corrected chi connectivity index (χ1v) is 6.13. The summed E-state index contributed by atoms with van der Waals surface area (Å²) in [5.41, 5.74) is 1.32. The molecule has 2 aromatic rings. The Hall–Kier alpha value is -1.81. The van der Waals surface area contributed by atoms with E-state index in [1.54, 1.807) is 12.1 Å². The van der Waals surface area contributed by atoms with Gasteiger partial charge in [0.1, 0.15) is 0 Å². The van der Waals surface area contributed by atoms with Gasteiger partial charge in [0.25, 0.3) is 0 Å². The third kappa shape index (κ3) is 2.54. The number of carboxylic acid groups (broad SMARTS) is 1. The number of fused-ring (bicyclic) bond motifs is 1. The minimum atomic E-state index is -0.882. The van der Waals surface area contributed by atoms with Gasteiger partial charge >= 0.3 is 5.97 Å². The fraction of sp³-hybridized carbons (Fsp3) is 0.357. The Morgan fingerprint density at radius 2 is 2.22 bits per heavy atom. The number of hydrogen-bond acceptors (Lipinski definition) is 2. The molecule has 1 aromatic carbocycles. The van der Waals surface area contributed by atoms with E-state index in [1.165, 1.54) is 0 Å². The molecule has 0 aliphatic rings. The Balaban J connectivity index is 2.20. The predicted octanol–water partition coefficient (Wildman–Crippen LogP) is 2.77. The highest BCUT2D eigenvalue weighted by molar-refractivity contribution is 6.02. The fourth-order valence-electron chi connectivity index (χ4n) is 2.09. The van der Waals surface area contributed by atoms with Crippen molar-refractivity contribution in [2.24, 2.45) is 0 Å². The zero-order chi connectivity index (χ0) is 13.0. The molecule has 0 unspecified atom stereocenters. The van der Waals surface area contributed by atoms with Crippen LogP contribution >= 0.6 is 0 Å². The monoisotopic (exact) mass is 247 g/mol. The number of ether oxygens (including phenoxy) is 1. The van der Waals surface area contributed by atoms with Crippen LogP contribution in [0.2, 0.25) is 0 Å². The second-order valence-electron chi connectivity index (χ2n) is 4.10. The molecule has 0 saturated heterocycles. The van der Waals surface area contributed by atoms with Crippen LogP contribution in [0.4, 0.5) is 0 Å². The number of hydrogen-bond donors (Lipinski definition) is 1. The van der Waals surface area contributed by atoms with Crippen molar-refractivity contribution in [3.8, 4) is 0 Å². The highest BCUT2D eigenvalue weighted by Crippen LogP contribution is 2.20. The molecule has 1 heterocycles. The summed E-state index contributed by atoms with van der Waals surface area (Å²) in [6.07, 6.45) is 2.86. The van der Waals surface area contributed by atoms with Crippen LogP contribution in [0.3, 0.4) is 0 Å². The second-order valence-corrected chi connectivity index (χ2v) is 4.10. The Bertz CT molecular complexity index is 545. The zero-order valence-corrected chi connectivity index (χ0v) is 10.4. The average molecular weight is 247 g/mol. The summed E-state index contributed by atoms with van der Waals surface area (Å²) in [5.74, 6) is -0.882. The number of carboxylic acids is 1. The average Bonchev–Trinajstić information content (AvgIpc) is 2.77. The molecule has 0 aliphatic heterocycles. The molecule has 18 heavy (non-hydrogen) atoms. The molecule has 0 amide bonds. The molecule has 0 spiro atoms. The molecular formula is C14H17NO3. The molecule has 0 bridgehead atoms. The van der Waals surface area contributed by atoms with Gasteiger partial charge in [-0.15, -0.1) is 0 Å². The van der Waals surface area contributed by atoms with Crippen LogP contribution in [0.5, 0.6) is 0 Å². The lowest BCUT2D eigenvalue weighted by atomic mass is 10.1. The number of nitrogens with zero attached hydrogens (tertiary/aromatic N) is 1. The van der Waals surface area contributed by atoms with Gasteiger partial charge in [-0.05, 0) is 31.5 Å². The third-order valence-corrected chi connectivity index (χ3v) is 2.94. The van der Waals surface area contributed by atoms with Crippen LogP contribution in [-0.4, -0.2) is 28.9 Å². The summed E-state index contributed by atoms with van der Waals surface area (Å²) >= 11 is 0. The van der Waals surface area contributed by atoms with Gasteiger partial charge in [0.15, 0.2) is 0 Å². The van der Waals surface area contributed by atoms with Gasteiger partial charge in [0.05, 0.1) is 5.56 Å². The van der Waals surface area contributed by atoms with E-state index >= 15 is 0 Å². The number of aromatic nitrogens is 1. The first-order chi connectivity index (χ1) is 8.74. The summed E-state index contributed by atoms with van der Waals surface area (Å²) in [7, 11) is 0. The standard InChI is InChI=1S/C14H17NO3/c1-2-18-10-4-8-15-9-7-11-12(14(16)17)5-3-6-13(11)15/h3,5-7,9H,2,4,8,10H2,1H3,(H,16,17). The van der Waals surface area contributed by atoms with Gasteiger partial charge in [0.2, 0.25) is 0 Å². The van der Waals surface area contributed by atoms with Crippen LogP contribution in [0.15, 0.2) is 30.5 Å². The normalized spacial score (nSPS) is 10.9. The summed E-state index contributed by atoms with van der Waals surface area (Å²) in [6.45, 7) is 4.28. The minimum absolute atomic E-state index is 0.357. The van der Waals surface area contributed by atoms with Crippen molar-refractivity contribution in [3.63, 3.8) is 0 Å². The Labute approximate surface area is 106 Å². The molecule has 96 valence electrons. The van der Waals surface area contributed by atoms with Crippen LogP contribution in [0.1, 0.15) is 23.7 Å². The number of benzene rings is 1.